The van der Waals surface area contributed by atoms with Gasteiger partial charge in [0.15, 0.2) is 11.5 Å². The molecule has 7 heteroatoms. The summed E-state index contributed by atoms with van der Waals surface area (Å²) in [6.07, 6.45) is 3.90. The Morgan fingerprint density at radius 2 is 1.66 bits per heavy atom. The molecule has 0 spiro atoms. The number of hydrogen-bond donors (Lipinski definition) is 2. The molecule has 4 rings (SSSR count). The Hall–Kier alpha value is -4.13. The van der Waals surface area contributed by atoms with Crippen LogP contribution < -0.4 is 24.3 Å². The quantitative estimate of drug-likeness (QED) is 0.254. The molecule has 1 atom stereocenters. The number of benzene rings is 3. The van der Waals surface area contributed by atoms with Crippen LogP contribution in [0.3, 0.4) is 0 Å². The number of methoxy groups -OCH3 is 4. The van der Waals surface area contributed by atoms with Gasteiger partial charge in [-0.1, -0.05) is 37.3 Å². The summed E-state index contributed by atoms with van der Waals surface area (Å²) in [5.41, 5.74) is 5.41. The first-order chi connectivity index (χ1) is 18.5. The van der Waals surface area contributed by atoms with E-state index in [1.807, 2.05) is 42.6 Å². The highest BCUT2D eigenvalue weighted by atomic mass is 16.5. The molecule has 3 aromatic carbocycles. The molecule has 0 unspecified atom stereocenters. The highest BCUT2D eigenvalue weighted by Crippen LogP contribution is 2.40. The predicted octanol–water partition coefficient (Wildman–Crippen LogP) is 5.65. The second kappa shape index (κ2) is 12.4. The van der Waals surface area contributed by atoms with Gasteiger partial charge in [0.2, 0.25) is 5.91 Å². The molecule has 1 aromatic heterocycles. The molecule has 38 heavy (non-hydrogen) atoms. The zero-order valence-electron chi connectivity index (χ0n) is 22.7. The first-order valence-electron chi connectivity index (χ1n) is 12.8. The van der Waals surface area contributed by atoms with E-state index in [1.165, 1.54) is 5.56 Å². The van der Waals surface area contributed by atoms with Gasteiger partial charge in [0.25, 0.3) is 0 Å². The van der Waals surface area contributed by atoms with Crippen molar-refractivity contribution in [3.05, 3.63) is 83.0 Å². The molecule has 2 N–H and O–H groups in total. The van der Waals surface area contributed by atoms with Crippen LogP contribution in [0.4, 0.5) is 0 Å². The van der Waals surface area contributed by atoms with Gasteiger partial charge in [0.05, 0.1) is 28.4 Å². The third kappa shape index (κ3) is 5.72. The maximum atomic E-state index is 13.3. The Bertz CT molecular complexity index is 1390. The van der Waals surface area contributed by atoms with Crippen LogP contribution in [0.25, 0.3) is 10.9 Å². The van der Waals surface area contributed by atoms with Crippen molar-refractivity contribution in [3.8, 4) is 23.0 Å². The minimum atomic E-state index is -0.210. The number of aryl methyl sites for hydroxylation is 1. The summed E-state index contributed by atoms with van der Waals surface area (Å²) in [6.45, 7) is 2.65. The van der Waals surface area contributed by atoms with E-state index in [-0.39, 0.29) is 18.2 Å². The van der Waals surface area contributed by atoms with Gasteiger partial charge in [-0.05, 0) is 47.7 Å². The highest BCUT2D eigenvalue weighted by Gasteiger charge is 2.25. The molecule has 200 valence electrons. The van der Waals surface area contributed by atoms with Gasteiger partial charge < -0.3 is 29.2 Å². The monoisotopic (exact) mass is 516 g/mol. The molecular weight excluding hydrogens is 480 g/mol. The molecule has 0 fully saturated rings. The summed E-state index contributed by atoms with van der Waals surface area (Å²) in [5, 5.41) is 4.22. The fourth-order valence-corrected chi connectivity index (χ4v) is 4.96. The van der Waals surface area contributed by atoms with Gasteiger partial charge in [-0.25, -0.2) is 0 Å². The zero-order valence-corrected chi connectivity index (χ0v) is 22.7. The standard InChI is InChI=1S/C31H36N2O5/c1-6-21-8-7-9-24-26(19-33-31(21)24)25(23-12-11-22(35-2)17-28(23)37-4)18-30(34)32-15-14-20-10-13-27(36-3)29(16-20)38-5/h7-13,16-17,19,25,33H,6,14-15,18H2,1-5H3,(H,32,34)/t25-/m1/s1. The summed E-state index contributed by atoms with van der Waals surface area (Å²) < 4.78 is 21.9. The lowest BCUT2D eigenvalue weighted by Crippen LogP contribution is -2.27. The number of rotatable bonds is 12. The van der Waals surface area contributed by atoms with Gasteiger partial charge in [0.1, 0.15) is 11.5 Å². The van der Waals surface area contributed by atoms with Crippen molar-refractivity contribution < 1.29 is 23.7 Å². The maximum absolute atomic E-state index is 13.3. The average Bonchev–Trinajstić information content (AvgIpc) is 3.39. The van der Waals surface area contributed by atoms with Crippen LogP contribution in [-0.2, 0) is 17.6 Å². The minimum Gasteiger partial charge on any atom is -0.497 e. The van der Waals surface area contributed by atoms with E-state index < -0.39 is 0 Å². The van der Waals surface area contributed by atoms with Gasteiger partial charge in [-0.2, -0.15) is 0 Å². The van der Waals surface area contributed by atoms with Crippen LogP contribution in [0.2, 0.25) is 0 Å². The van der Waals surface area contributed by atoms with Crippen molar-refractivity contribution in [1.82, 2.24) is 10.3 Å². The molecule has 0 saturated carbocycles. The summed E-state index contributed by atoms with van der Waals surface area (Å²) in [5.74, 6) is 2.51. The fourth-order valence-electron chi connectivity index (χ4n) is 4.96. The lowest BCUT2D eigenvalue weighted by atomic mass is 9.87. The zero-order chi connectivity index (χ0) is 27.1. The summed E-state index contributed by atoms with van der Waals surface area (Å²) >= 11 is 0. The summed E-state index contributed by atoms with van der Waals surface area (Å²) in [4.78, 5) is 16.7. The fraction of sp³-hybridized carbons (Fsp3) is 0.323. The molecule has 1 heterocycles. The number of fused-ring (bicyclic) bond motifs is 1. The Morgan fingerprint density at radius 1 is 0.868 bits per heavy atom. The lowest BCUT2D eigenvalue weighted by molar-refractivity contribution is -0.121. The number of carbonyl (C=O) groups is 1. The van der Waals surface area contributed by atoms with E-state index in [0.717, 1.165) is 34.0 Å². The molecule has 4 aromatic rings. The Kier molecular flexibility index (Phi) is 8.79. The summed E-state index contributed by atoms with van der Waals surface area (Å²) in [6, 6.07) is 17.9. The molecule has 7 nitrogen and oxygen atoms in total. The van der Waals surface area contributed by atoms with Crippen LogP contribution in [0.1, 0.15) is 41.5 Å². The van der Waals surface area contributed by atoms with Gasteiger partial charge in [-0.3, -0.25) is 4.79 Å². The van der Waals surface area contributed by atoms with E-state index in [1.54, 1.807) is 28.4 Å². The van der Waals surface area contributed by atoms with Crippen molar-refractivity contribution in [1.29, 1.82) is 0 Å². The summed E-state index contributed by atoms with van der Waals surface area (Å²) in [7, 11) is 6.50. The number of nitrogens with one attached hydrogen (secondary N) is 2. The molecule has 0 bridgehead atoms. The van der Waals surface area contributed by atoms with Crippen LogP contribution in [0, 0.1) is 0 Å². The highest BCUT2D eigenvalue weighted by molar-refractivity contribution is 5.88. The normalized spacial score (nSPS) is 11.7. The first-order valence-corrected chi connectivity index (χ1v) is 12.8. The number of carbonyl (C=O) groups excluding carboxylic acids is 1. The van der Waals surface area contributed by atoms with Crippen LogP contribution in [0.15, 0.2) is 60.8 Å². The SMILES string of the molecule is CCc1cccc2c([C@H](CC(=O)NCCc3ccc(OC)c(OC)c3)c3ccc(OC)cc3OC)c[nH]c12. The average molecular weight is 517 g/mol. The maximum Gasteiger partial charge on any atom is 0.220 e. The minimum absolute atomic E-state index is 0.0330. The van der Waals surface area contributed by atoms with Crippen molar-refractivity contribution in [2.24, 2.45) is 0 Å². The first kappa shape index (κ1) is 26.9. The molecule has 0 saturated heterocycles. The third-order valence-electron chi connectivity index (χ3n) is 6.98. The number of aromatic amines is 1. The van der Waals surface area contributed by atoms with Crippen molar-refractivity contribution in [2.45, 2.75) is 32.1 Å². The van der Waals surface area contributed by atoms with Crippen molar-refractivity contribution in [3.63, 3.8) is 0 Å². The molecular formula is C31H36N2O5. The number of aromatic nitrogens is 1. The molecule has 1 amide bonds. The second-order valence-corrected chi connectivity index (χ2v) is 9.09. The van der Waals surface area contributed by atoms with E-state index in [2.05, 4.69) is 35.4 Å². The topological polar surface area (TPSA) is 81.8 Å². The Morgan fingerprint density at radius 3 is 2.37 bits per heavy atom. The van der Waals surface area contributed by atoms with Gasteiger partial charge in [0, 0.05) is 47.6 Å². The molecule has 0 aliphatic heterocycles. The molecule has 0 radical (unpaired) electrons. The van der Waals surface area contributed by atoms with E-state index in [9.17, 15) is 4.79 Å². The van der Waals surface area contributed by atoms with Crippen molar-refractivity contribution >= 4 is 16.8 Å². The number of ether oxygens (including phenoxy) is 4. The predicted molar refractivity (Wildman–Crippen MR) is 150 cm³/mol. The largest absolute Gasteiger partial charge is 0.497 e. The smallest absolute Gasteiger partial charge is 0.220 e. The Balaban J connectivity index is 1.59. The van der Waals surface area contributed by atoms with Crippen LogP contribution in [-0.4, -0.2) is 45.9 Å². The van der Waals surface area contributed by atoms with Gasteiger partial charge >= 0.3 is 0 Å². The van der Waals surface area contributed by atoms with E-state index in [4.69, 9.17) is 18.9 Å². The lowest BCUT2D eigenvalue weighted by Gasteiger charge is -2.20. The number of H-pyrrole nitrogens is 1. The van der Waals surface area contributed by atoms with E-state index >= 15 is 0 Å². The molecule has 0 aliphatic carbocycles. The number of para-hydroxylation sites is 1. The second-order valence-electron chi connectivity index (χ2n) is 9.09. The van der Waals surface area contributed by atoms with Crippen LogP contribution in [0.5, 0.6) is 23.0 Å². The van der Waals surface area contributed by atoms with E-state index in [0.29, 0.717) is 36.0 Å². The Labute approximate surface area is 224 Å². The van der Waals surface area contributed by atoms with Gasteiger partial charge in [-0.15, -0.1) is 0 Å². The van der Waals surface area contributed by atoms with Crippen molar-refractivity contribution in [2.75, 3.05) is 35.0 Å². The number of hydrogen-bond acceptors (Lipinski definition) is 5. The van der Waals surface area contributed by atoms with Crippen LogP contribution >= 0.6 is 0 Å². The molecule has 0 aliphatic rings. The third-order valence-corrected chi connectivity index (χ3v) is 6.98. The number of amides is 1.